The molecule has 1 aliphatic rings. The van der Waals surface area contributed by atoms with Crippen molar-refractivity contribution in [3.8, 4) is 0 Å². The van der Waals surface area contributed by atoms with Crippen LogP contribution in [0.3, 0.4) is 0 Å². The minimum atomic E-state index is -1.03. The monoisotopic (exact) mass is 316 g/mol. The third kappa shape index (κ3) is 2.63. The number of urea groups is 1. The molecule has 2 amide bonds. The van der Waals surface area contributed by atoms with Crippen molar-refractivity contribution in [1.29, 1.82) is 0 Å². The standard InChI is InChI=1S/C16H13ClN2O3/c17-11-5-7-12(8-6-11)18-16(22)19-13-4-2-1-3-10(13)9-14(19)15(20)21/h1-8,14H,9H2,(H,18,22)(H,20,21)/t14-/m1/s1. The van der Waals surface area contributed by atoms with Crippen molar-refractivity contribution in [2.75, 3.05) is 10.2 Å². The van der Waals surface area contributed by atoms with Crippen LogP contribution in [-0.2, 0) is 11.2 Å². The predicted molar refractivity (Wildman–Crippen MR) is 84.5 cm³/mol. The maximum absolute atomic E-state index is 12.5. The van der Waals surface area contributed by atoms with Crippen molar-refractivity contribution in [3.05, 3.63) is 59.1 Å². The van der Waals surface area contributed by atoms with Crippen LogP contribution in [0.25, 0.3) is 0 Å². The second-order valence-electron chi connectivity index (χ2n) is 4.99. The van der Waals surface area contributed by atoms with Gasteiger partial charge in [-0.2, -0.15) is 0 Å². The van der Waals surface area contributed by atoms with Crippen molar-refractivity contribution in [3.63, 3.8) is 0 Å². The number of carboxylic acid groups (broad SMARTS) is 1. The van der Waals surface area contributed by atoms with Gasteiger partial charge in [-0.15, -0.1) is 0 Å². The Labute approximate surface area is 132 Å². The molecule has 2 aromatic rings. The number of hydrogen-bond acceptors (Lipinski definition) is 2. The molecule has 0 fully saturated rings. The molecule has 2 aromatic carbocycles. The number of nitrogens with zero attached hydrogens (tertiary/aromatic N) is 1. The van der Waals surface area contributed by atoms with Crippen molar-refractivity contribution >= 4 is 35.0 Å². The molecule has 0 bridgehead atoms. The fraction of sp³-hybridized carbons (Fsp3) is 0.125. The van der Waals surface area contributed by atoms with Crippen LogP contribution < -0.4 is 10.2 Å². The van der Waals surface area contributed by atoms with Crippen molar-refractivity contribution < 1.29 is 14.7 Å². The molecule has 1 atom stereocenters. The summed E-state index contributed by atoms with van der Waals surface area (Å²) in [6.45, 7) is 0. The summed E-state index contributed by atoms with van der Waals surface area (Å²) >= 11 is 5.81. The van der Waals surface area contributed by atoms with E-state index in [1.165, 1.54) is 4.90 Å². The normalized spacial score (nSPS) is 16.2. The molecule has 5 nitrogen and oxygen atoms in total. The van der Waals surface area contributed by atoms with Gasteiger partial charge in [0.25, 0.3) is 0 Å². The lowest BCUT2D eigenvalue weighted by atomic mass is 10.1. The van der Waals surface area contributed by atoms with Gasteiger partial charge < -0.3 is 10.4 Å². The van der Waals surface area contributed by atoms with E-state index in [2.05, 4.69) is 5.32 Å². The minimum Gasteiger partial charge on any atom is -0.480 e. The van der Waals surface area contributed by atoms with Gasteiger partial charge in [-0.1, -0.05) is 29.8 Å². The van der Waals surface area contributed by atoms with E-state index in [0.29, 0.717) is 22.8 Å². The van der Waals surface area contributed by atoms with E-state index in [0.717, 1.165) is 5.56 Å². The SMILES string of the molecule is O=C(O)[C@H]1Cc2ccccc2N1C(=O)Nc1ccc(Cl)cc1. The molecule has 22 heavy (non-hydrogen) atoms. The maximum atomic E-state index is 12.5. The number of para-hydroxylation sites is 1. The first-order valence-corrected chi connectivity index (χ1v) is 7.10. The number of fused-ring (bicyclic) bond motifs is 1. The number of amides is 2. The summed E-state index contributed by atoms with van der Waals surface area (Å²) in [6, 6.07) is 12.5. The number of nitrogens with one attached hydrogen (secondary N) is 1. The first-order chi connectivity index (χ1) is 10.6. The Morgan fingerprint density at radius 3 is 2.50 bits per heavy atom. The molecule has 3 rings (SSSR count). The van der Waals surface area contributed by atoms with E-state index in [1.807, 2.05) is 12.1 Å². The first-order valence-electron chi connectivity index (χ1n) is 6.73. The minimum absolute atomic E-state index is 0.305. The summed E-state index contributed by atoms with van der Waals surface area (Å²) in [5.74, 6) is -1.03. The van der Waals surface area contributed by atoms with Gasteiger partial charge in [0.15, 0.2) is 0 Å². The summed E-state index contributed by atoms with van der Waals surface area (Å²) in [6.07, 6.45) is 0.305. The van der Waals surface area contributed by atoms with Crippen LogP contribution in [0, 0.1) is 0 Å². The molecule has 0 aromatic heterocycles. The van der Waals surface area contributed by atoms with Crippen LogP contribution in [0.1, 0.15) is 5.56 Å². The molecule has 6 heteroatoms. The lowest BCUT2D eigenvalue weighted by Crippen LogP contribution is -2.45. The highest BCUT2D eigenvalue weighted by Gasteiger charge is 2.38. The molecule has 112 valence electrons. The predicted octanol–water partition coefficient (Wildman–Crippen LogP) is 3.39. The molecule has 0 radical (unpaired) electrons. The number of halogens is 1. The van der Waals surface area contributed by atoms with Gasteiger partial charge in [0, 0.05) is 22.8 Å². The molecule has 1 aliphatic heterocycles. The third-order valence-electron chi connectivity index (χ3n) is 3.58. The summed E-state index contributed by atoms with van der Waals surface area (Å²) in [4.78, 5) is 25.2. The zero-order valence-corrected chi connectivity index (χ0v) is 12.2. The summed E-state index contributed by atoms with van der Waals surface area (Å²) in [5, 5.41) is 12.6. The number of hydrogen-bond donors (Lipinski definition) is 2. The van der Waals surface area contributed by atoms with E-state index >= 15 is 0 Å². The Morgan fingerprint density at radius 2 is 1.82 bits per heavy atom. The van der Waals surface area contributed by atoms with Gasteiger partial charge >= 0.3 is 12.0 Å². The average molecular weight is 317 g/mol. The average Bonchev–Trinajstić information content (AvgIpc) is 2.89. The molecular formula is C16H13ClN2O3. The van der Waals surface area contributed by atoms with E-state index in [4.69, 9.17) is 11.6 Å². The van der Waals surface area contributed by atoms with Gasteiger partial charge in [-0.25, -0.2) is 9.59 Å². The van der Waals surface area contributed by atoms with Gasteiger partial charge in [-0.05, 0) is 35.9 Å². The Bertz CT molecular complexity index is 730. The van der Waals surface area contributed by atoms with Gasteiger partial charge in [-0.3, -0.25) is 4.90 Å². The molecule has 2 N–H and O–H groups in total. The number of rotatable bonds is 2. The number of anilines is 2. The van der Waals surface area contributed by atoms with Crippen molar-refractivity contribution in [2.24, 2.45) is 0 Å². The molecule has 0 saturated carbocycles. The van der Waals surface area contributed by atoms with Crippen molar-refractivity contribution in [1.82, 2.24) is 0 Å². The van der Waals surface area contributed by atoms with Gasteiger partial charge in [0.1, 0.15) is 6.04 Å². The van der Waals surface area contributed by atoms with E-state index in [1.54, 1.807) is 36.4 Å². The summed E-state index contributed by atoms with van der Waals surface area (Å²) in [5.41, 5.74) is 2.03. The fourth-order valence-corrected chi connectivity index (χ4v) is 2.68. The lowest BCUT2D eigenvalue weighted by molar-refractivity contribution is -0.138. The molecule has 1 heterocycles. The van der Waals surface area contributed by atoms with Crippen LogP contribution in [0.4, 0.5) is 16.2 Å². The highest BCUT2D eigenvalue weighted by molar-refractivity contribution is 6.30. The van der Waals surface area contributed by atoms with Crippen LogP contribution in [0.5, 0.6) is 0 Å². The molecule has 0 saturated heterocycles. The largest absolute Gasteiger partial charge is 0.480 e. The fourth-order valence-electron chi connectivity index (χ4n) is 2.55. The number of aliphatic carboxylic acids is 1. The Balaban J connectivity index is 1.88. The summed E-state index contributed by atoms with van der Waals surface area (Å²) < 4.78 is 0. The van der Waals surface area contributed by atoms with Gasteiger partial charge in [0.2, 0.25) is 0 Å². The smallest absolute Gasteiger partial charge is 0.327 e. The number of carbonyl (C=O) groups excluding carboxylic acids is 1. The highest BCUT2D eigenvalue weighted by Crippen LogP contribution is 2.32. The van der Waals surface area contributed by atoms with Crippen LogP contribution in [0.2, 0.25) is 5.02 Å². The Kier molecular flexibility index (Phi) is 3.73. The lowest BCUT2D eigenvalue weighted by Gasteiger charge is -2.23. The van der Waals surface area contributed by atoms with E-state index in [9.17, 15) is 14.7 Å². The summed E-state index contributed by atoms with van der Waals surface area (Å²) in [7, 11) is 0. The molecule has 0 aliphatic carbocycles. The third-order valence-corrected chi connectivity index (χ3v) is 3.83. The second-order valence-corrected chi connectivity index (χ2v) is 5.43. The first kappa shape index (κ1) is 14.4. The van der Waals surface area contributed by atoms with E-state index < -0.39 is 18.0 Å². The number of carbonyl (C=O) groups is 2. The van der Waals surface area contributed by atoms with Crippen molar-refractivity contribution in [2.45, 2.75) is 12.5 Å². The van der Waals surface area contributed by atoms with E-state index in [-0.39, 0.29) is 0 Å². The number of benzene rings is 2. The molecule has 0 unspecified atom stereocenters. The zero-order valence-electron chi connectivity index (χ0n) is 11.5. The van der Waals surface area contributed by atoms with Crippen LogP contribution in [0.15, 0.2) is 48.5 Å². The van der Waals surface area contributed by atoms with Gasteiger partial charge in [0.05, 0.1) is 0 Å². The number of carboxylic acids is 1. The molecule has 0 spiro atoms. The Morgan fingerprint density at radius 1 is 1.14 bits per heavy atom. The highest BCUT2D eigenvalue weighted by atomic mass is 35.5. The Hall–Kier alpha value is -2.53. The second kappa shape index (κ2) is 5.69. The molecular weight excluding hydrogens is 304 g/mol. The zero-order chi connectivity index (χ0) is 15.7. The quantitative estimate of drug-likeness (QED) is 0.892. The topological polar surface area (TPSA) is 69.6 Å². The maximum Gasteiger partial charge on any atom is 0.327 e. The van der Waals surface area contributed by atoms with Crippen LogP contribution in [-0.4, -0.2) is 23.1 Å². The van der Waals surface area contributed by atoms with Crippen LogP contribution >= 0.6 is 11.6 Å².